The monoisotopic (exact) mass is 236 g/mol. The van der Waals surface area contributed by atoms with Gasteiger partial charge in [-0.05, 0) is 26.3 Å². The Morgan fingerprint density at radius 2 is 2.53 bits per heavy atom. The highest BCUT2D eigenvalue weighted by Gasteiger charge is 2.39. The minimum atomic E-state index is -0.224. The molecule has 1 aromatic rings. The van der Waals surface area contributed by atoms with Gasteiger partial charge in [-0.25, -0.2) is 0 Å². The van der Waals surface area contributed by atoms with Gasteiger partial charge in [0.2, 0.25) is 5.91 Å². The highest BCUT2D eigenvalue weighted by molar-refractivity contribution is 5.83. The number of carbonyl (C=O) groups is 1. The van der Waals surface area contributed by atoms with Crippen molar-refractivity contribution in [1.82, 2.24) is 20.8 Å². The minimum absolute atomic E-state index is 0.00488. The Morgan fingerprint density at radius 1 is 1.71 bits per heavy atom. The van der Waals surface area contributed by atoms with Gasteiger partial charge in [0.1, 0.15) is 0 Å². The molecular weight excluding hydrogens is 216 g/mol. The fourth-order valence-corrected chi connectivity index (χ4v) is 2.33. The minimum Gasteiger partial charge on any atom is -0.349 e. The molecule has 1 saturated heterocycles. The van der Waals surface area contributed by atoms with Crippen molar-refractivity contribution in [3.63, 3.8) is 0 Å². The SMILES string of the molecule is CCC1(C(=O)NC(C)c2cn[nH]c2)CCNC1. The third kappa shape index (κ3) is 2.34. The summed E-state index contributed by atoms with van der Waals surface area (Å²) in [6.45, 7) is 5.78. The molecule has 0 aromatic carbocycles. The van der Waals surface area contributed by atoms with Crippen LogP contribution in [0.1, 0.15) is 38.3 Å². The van der Waals surface area contributed by atoms with E-state index in [0.29, 0.717) is 0 Å². The summed E-state index contributed by atoms with van der Waals surface area (Å²) < 4.78 is 0. The number of amides is 1. The molecule has 94 valence electrons. The summed E-state index contributed by atoms with van der Waals surface area (Å²) in [6, 6.07) is 0.00488. The average molecular weight is 236 g/mol. The first-order chi connectivity index (χ1) is 8.18. The van der Waals surface area contributed by atoms with Crippen LogP contribution in [0.4, 0.5) is 0 Å². The molecule has 2 rings (SSSR count). The Bertz CT molecular complexity index is 368. The number of hydrogen-bond donors (Lipinski definition) is 3. The van der Waals surface area contributed by atoms with Crippen LogP contribution in [0.15, 0.2) is 12.4 Å². The summed E-state index contributed by atoms with van der Waals surface area (Å²) >= 11 is 0. The Balaban J connectivity index is 2.01. The Morgan fingerprint density at radius 3 is 3.06 bits per heavy atom. The van der Waals surface area contributed by atoms with Crippen molar-refractivity contribution in [1.29, 1.82) is 0 Å². The fourth-order valence-electron chi connectivity index (χ4n) is 2.33. The summed E-state index contributed by atoms with van der Waals surface area (Å²) in [5, 5.41) is 13.0. The van der Waals surface area contributed by atoms with Gasteiger partial charge in [-0.2, -0.15) is 5.10 Å². The number of aromatic amines is 1. The molecule has 0 aliphatic carbocycles. The van der Waals surface area contributed by atoms with Crippen LogP contribution in [0.5, 0.6) is 0 Å². The number of nitrogens with one attached hydrogen (secondary N) is 3. The van der Waals surface area contributed by atoms with Crippen LogP contribution in [0, 0.1) is 5.41 Å². The van der Waals surface area contributed by atoms with Crippen LogP contribution < -0.4 is 10.6 Å². The van der Waals surface area contributed by atoms with E-state index >= 15 is 0 Å². The van der Waals surface area contributed by atoms with Gasteiger partial charge in [-0.3, -0.25) is 9.89 Å². The molecule has 2 atom stereocenters. The lowest BCUT2D eigenvalue weighted by molar-refractivity contribution is -0.131. The quantitative estimate of drug-likeness (QED) is 0.729. The lowest BCUT2D eigenvalue weighted by atomic mass is 9.83. The first kappa shape index (κ1) is 12.1. The van der Waals surface area contributed by atoms with Gasteiger partial charge in [-0.1, -0.05) is 6.92 Å². The summed E-state index contributed by atoms with van der Waals surface area (Å²) in [5.74, 6) is 0.152. The molecule has 2 heterocycles. The van der Waals surface area contributed by atoms with Crippen LogP contribution in [0.3, 0.4) is 0 Å². The number of carbonyl (C=O) groups excluding carboxylic acids is 1. The molecular formula is C12H20N4O. The van der Waals surface area contributed by atoms with E-state index in [0.717, 1.165) is 31.5 Å². The van der Waals surface area contributed by atoms with E-state index in [1.807, 2.05) is 13.1 Å². The molecule has 17 heavy (non-hydrogen) atoms. The smallest absolute Gasteiger partial charge is 0.228 e. The van der Waals surface area contributed by atoms with Gasteiger partial charge in [0.25, 0.3) is 0 Å². The summed E-state index contributed by atoms with van der Waals surface area (Å²) in [6.07, 6.45) is 5.37. The third-order valence-electron chi connectivity index (χ3n) is 3.77. The maximum atomic E-state index is 12.3. The summed E-state index contributed by atoms with van der Waals surface area (Å²) in [5.41, 5.74) is 0.786. The lowest BCUT2D eigenvalue weighted by Crippen LogP contribution is -2.43. The van der Waals surface area contributed by atoms with Crippen molar-refractivity contribution in [2.45, 2.75) is 32.7 Å². The molecule has 0 saturated carbocycles. The van der Waals surface area contributed by atoms with E-state index < -0.39 is 0 Å². The molecule has 0 bridgehead atoms. The number of H-pyrrole nitrogens is 1. The standard InChI is InChI=1S/C12H20N4O/c1-3-12(4-5-13-8-12)11(17)16-9(2)10-6-14-15-7-10/h6-7,9,13H,3-5,8H2,1-2H3,(H,14,15)(H,16,17). The van der Waals surface area contributed by atoms with Gasteiger partial charge < -0.3 is 10.6 Å². The largest absolute Gasteiger partial charge is 0.349 e. The van der Waals surface area contributed by atoms with E-state index in [-0.39, 0.29) is 17.4 Å². The van der Waals surface area contributed by atoms with Crippen molar-refractivity contribution in [2.24, 2.45) is 5.41 Å². The van der Waals surface area contributed by atoms with E-state index in [1.54, 1.807) is 6.20 Å². The molecule has 5 nitrogen and oxygen atoms in total. The van der Waals surface area contributed by atoms with Crippen LogP contribution in [0.2, 0.25) is 0 Å². The van der Waals surface area contributed by atoms with Crippen LogP contribution in [0.25, 0.3) is 0 Å². The van der Waals surface area contributed by atoms with Crippen molar-refractivity contribution in [2.75, 3.05) is 13.1 Å². The molecule has 1 aliphatic rings. The molecule has 2 unspecified atom stereocenters. The topological polar surface area (TPSA) is 69.8 Å². The zero-order chi connectivity index (χ0) is 12.3. The van der Waals surface area contributed by atoms with E-state index in [4.69, 9.17) is 0 Å². The maximum absolute atomic E-state index is 12.3. The predicted octanol–water partition coefficient (Wildman–Crippen LogP) is 0.977. The first-order valence-corrected chi connectivity index (χ1v) is 6.18. The zero-order valence-electron chi connectivity index (χ0n) is 10.4. The Labute approximate surface area is 101 Å². The Hall–Kier alpha value is -1.36. The van der Waals surface area contributed by atoms with Crippen LogP contribution in [-0.2, 0) is 4.79 Å². The number of aromatic nitrogens is 2. The number of rotatable bonds is 4. The molecule has 3 N–H and O–H groups in total. The first-order valence-electron chi connectivity index (χ1n) is 6.18. The van der Waals surface area contributed by atoms with E-state index in [9.17, 15) is 4.79 Å². The van der Waals surface area contributed by atoms with Crippen molar-refractivity contribution >= 4 is 5.91 Å². The van der Waals surface area contributed by atoms with Gasteiger partial charge in [-0.15, -0.1) is 0 Å². The molecule has 1 aromatic heterocycles. The zero-order valence-corrected chi connectivity index (χ0v) is 10.4. The van der Waals surface area contributed by atoms with Crippen molar-refractivity contribution in [3.05, 3.63) is 18.0 Å². The van der Waals surface area contributed by atoms with Crippen LogP contribution in [-0.4, -0.2) is 29.2 Å². The van der Waals surface area contributed by atoms with E-state index in [2.05, 4.69) is 27.8 Å². The third-order valence-corrected chi connectivity index (χ3v) is 3.77. The molecule has 0 radical (unpaired) electrons. The maximum Gasteiger partial charge on any atom is 0.228 e. The van der Waals surface area contributed by atoms with Gasteiger partial charge >= 0.3 is 0 Å². The summed E-state index contributed by atoms with van der Waals surface area (Å²) in [7, 11) is 0. The number of nitrogens with zero attached hydrogens (tertiary/aromatic N) is 1. The molecule has 1 fully saturated rings. The highest BCUT2D eigenvalue weighted by atomic mass is 16.2. The van der Waals surface area contributed by atoms with Crippen molar-refractivity contribution in [3.8, 4) is 0 Å². The van der Waals surface area contributed by atoms with Crippen LogP contribution >= 0.6 is 0 Å². The predicted molar refractivity (Wildman–Crippen MR) is 65.4 cm³/mol. The molecule has 1 amide bonds. The van der Waals surface area contributed by atoms with Gasteiger partial charge in [0.05, 0.1) is 17.7 Å². The van der Waals surface area contributed by atoms with Gasteiger partial charge in [0, 0.05) is 18.3 Å². The second-order valence-electron chi connectivity index (χ2n) is 4.79. The second kappa shape index (κ2) is 4.87. The average Bonchev–Trinajstić information content (AvgIpc) is 3.01. The Kier molecular flexibility index (Phi) is 3.47. The van der Waals surface area contributed by atoms with Gasteiger partial charge in [0.15, 0.2) is 0 Å². The number of hydrogen-bond acceptors (Lipinski definition) is 3. The summed E-state index contributed by atoms with van der Waals surface area (Å²) in [4.78, 5) is 12.3. The lowest BCUT2D eigenvalue weighted by Gasteiger charge is -2.27. The normalized spacial score (nSPS) is 25.8. The van der Waals surface area contributed by atoms with Crippen molar-refractivity contribution < 1.29 is 4.79 Å². The molecule has 1 aliphatic heterocycles. The van der Waals surface area contributed by atoms with E-state index in [1.165, 1.54) is 0 Å². The second-order valence-corrected chi connectivity index (χ2v) is 4.79. The molecule has 5 heteroatoms. The highest BCUT2D eigenvalue weighted by Crippen LogP contribution is 2.30. The fraction of sp³-hybridized carbons (Fsp3) is 0.667. The molecule has 0 spiro atoms.